The summed E-state index contributed by atoms with van der Waals surface area (Å²) in [5.41, 5.74) is 1.34. The summed E-state index contributed by atoms with van der Waals surface area (Å²) >= 11 is 0. The van der Waals surface area contributed by atoms with Crippen molar-refractivity contribution in [3.8, 4) is 0 Å². The molecule has 8 nitrogen and oxygen atoms in total. The van der Waals surface area contributed by atoms with Crippen molar-refractivity contribution < 1.29 is 24.2 Å². The molecule has 1 heterocycles. The van der Waals surface area contributed by atoms with Crippen LogP contribution in [0.1, 0.15) is 99.9 Å². The minimum atomic E-state index is -1.40. The third-order valence-corrected chi connectivity index (χ3v) is 9.02. The van der Waals surface area contributed by atoms with Crippen LogP contribution in [0.5, 0.6) is 0 Å². The van der Waals surface area contributed by atoms with Crippen LogP contribution in [0.4, 0.5) is 4.79 Å². The molecule has 0 radical (unpaired) electrons. The second kappa shape index (κ2) is 13.0. The Balaban J connectivity index is 1.44. The number of carbonyl (C=O) groups is 3. The number of nitrogens with one attached hydrogen (secondary N) is 1. The summed E-state index contributed by atoms with van der Waals surface area (Å²) in [7, 11) is 1.19. The van der Waals surface area contributed by atoms with Gasteiger partial charge >= 0.3 is 12.0 Å². The lowest BCUT2D eigenvalue weighted by Crippen LogP contribution is -2.49. The maximum atomic E-state index is 13.9. The molecule has 8 heteroatoms. The van der Waals surface area contributed by atoms with Gasteiger partial charge < -0.3 is 25.0 Å². The SMILES string of the molecule is CCCCC1CCC2(CC1)CN(C1CCCCC1)C(=O)N2Cc1ccc(C(=O)NCC(O)C(=O)OC)cc1. The molecule has 38 heavy (non-hydrogen) atoms. The van der Waals surface area contributed by atoms with E-state index in [1.165, 1.54) is 58.5 Å². The van der Waals surface area contributed by atoms with Crippen molar-refractivity contribution in [2.45, 2.75) is 108 Å². The molecule has 0 bridgehead atoms. The summed E-state index contributed by atoms with van der Waals surface area (Å²) in [5, 5.41) is 12.3. The zero-order chi connectivity index (χ0) is 27.1. The first-order valence-corrected chi connectivity index (χ1v) is 14.6. The van der Waals surface area contributed by atoms with E-state index in [1.54, 1.807) is 12.1 Å². The number of ether oxygens (including phenoxy) is 1. The molecule has 1 aromatic carbocycles. The van der Waals surface area contributed by atoms with Gasteiger partial charge in [0, 0.05) is 24.7 Å². The van der Waals surface area contributed by atoms with Crippen LogP contribution in [0, 0.1) is 5.92 Å². The van der Waals surface area contributed by atoms with Gasteiger partial charge in [0.2, 0.25) is 0 Å². The molecule has 3 fully saturated rings. The molecule has 0 aromatic heterocycles. The third-order valence-electron chi connectivity index (χ3n) is 9.02. The minimum absolute atomic E-state index is 0.0999. The predicted molar refractivity (Wildman–Crippen MR) is 146 cm³/mol. The first-order chi connectivity index (χ1) is 18.4. The molecular weight excluding hydrogens is 482 g/mol. The molecule has 2 saturated carbocycles. The van der Waals surface area contributed by atoms with E-state index < -0.39 is 12.1 Å². The summed E-state index contributed by atoms with van der Waals surface area (Å²) in [6, 6.07) is 7.84. The molecule has 1 atom stereocenters. The van der Waals surface area contributed by atoms with Crippen LogP contribution in [-0.4, -0.2) is 70.7 Å². The molecule has 1 aromatic rings. The Kier molecular flexibility index (Phi) is 9.69. The Hall–Kier alpha value is -2.61. The first-order valence-electron chi connectivity index (χ1n) is 14.6. The highest BCUT2D eigenvalue weighted by Crippen LogP contribution is 2.45. The lowest BCUT2D eigenvalue weighted by atomic mass is 9.74. The van der Waals surface area contributed by atoms with Crippen molar-refractivity contribution in [2.75, 3.05) is 20.2 Å². The average Bonchev–Trinajstić information content (AvgIpc) is 3.22. The monoisotopic (exact) mass is 527 g/mol. The van der Waals surface area contributed by atoms with Gasteiger partial charge in [0.05, 0.1) is 19.2 Å². The molecule has 3 amide bonds. The lowest BCUT2D eigenvalue weighted by molar-refractivity contribution is -0.149. The van der Waals surface area contributed by atoms with Crippen molar-refractivity contribution >= 4 is 17.9 Å². The number of rotatable bonds is 10. The van der Waals surface area contributed by atoms with E-state index in [9.17, 15) is 19.5 Å². The molecule has 1 unspecified atom stereocenters. The molecule has 210 valence electrons. The number of nitrogens with zero attached hydrogens (tertiary/aromatic N) is 2. The number of unbranched alkanes of at least 4 members (excludes halogenated alkanes) is 1. The van der Waals surface area contributed by atoms with Gasteiger partial charge in [-0.1, -0.05) is 57.6 Å². The lowest BCUT2D eigenvalue weighted by Gasteiger charge is -2.42. The molecule has 3 aliphatic rings. The predicted octanol–water partition coefficient (Wildman–Crippen LogP) is 4.64. The molecule has 4 rings (SSSR count). The van der Waals surface area contributed by atoms with Crippen LogP contribution in [0.25, 0.3) is 0 Å². The summed E-state index contributed by atoms with van der Waals surface area (Å²) in [6.45, 7) is 3.43. The van der Waals surface area contributed by atoms with E-state index in [-0.39, 0.29) is 24.0 Å². The number of hydrogen-bond acceptors (Lipinski definition) is 5. The summed E-state index contributed by atoms with van der Waals surface area (Å²) < 4.78 is 4.48. The van der Waals surface area contributed by atoms with Gasteiger partial charge in [0.25, 0.3) is 5.91 Å². The van der Waals surface area contributed by atoms with Crippen LogP contribution in [0.15, 0.2) is 24.3 Å². The number of hydrogen-bond donors (Lipinski definition) is 2. The van der Waals surface area contributed by atoms with Gasteiger partial charge in [-0.15, -0.1) is 0 Å². The highest BCUT2D eigenvalue weighted by Gasteiger charge is 2.52. The summed E-state index contributed by atoms with van der Waals surface area (Å²) in [5.74, 6) is -0.384. The van der Waals surface area contributed by atoms with Crippen LogP contribution in [0.2, 0.25) is 0 Å². The van der Waals surface area contributed by atoms with Gasteiger partial charge in [-0.2, -0.15) is 0 Å². The zero-order valence-electron chi connectivity index (χ0n) is 23.1. The normalized spacial score (nSPS) is 25.0. The highest BCUT2D eigenvalue weighted by molar-refractivity contribution is 5.94. The number of aliphatic hydroxyl groups is 1. The van der Waals surface area contributed by atoms with Crippen molar-refractivity contribution in [1.82, 2.24) is 15.1 Å². The Bertz CT molecular complexity index is 951. The van der Waals surface area contributed by atoms with Gasteiger partial charge in [0.15, 0.2) is 6.10 Å². The van der Waals surface area contributed by atoms with E-state index in [1.807, 2.05) is 12.1 Å². The van der Waals surface area contributed by atoms with Crippen LogP contribution < -0.4 is 5.32 Å². The van der Waals surface area contributed by atoms with E-state index >= 15 is 0 Å². The highest BCUT2D eigenvalue weighted by atomic mass is 16.5. The molecule has 1 spiro atoms. The smallest absolute Gasteiger partial charge is 0.336 e. The number of aliphatic hydroxyl groups excluding tert-OH is 1. The molecular formula is C30H45N3O5. The fraction of sp³-hybridized carbons (Fsp3) is 0.700. The fourth-order valence-corrected chi connectivity index (χ4v) is 6.62. The first kappa shape index (κ1) is 28.4. The molecule has 2 N–H and O–H groups in total. The van der Waals surface area contributed by atoms with E-state index in [2.05, 4.69) is 26.8 Å². The zero-order valence-corrected chi connectivity index (χ0v) is 23.1. The third kappa shape index (κ3) is 6.50. The van der Waals surface area contributed by atoms with Crippen molar-refractivity contribution in [1.29, 1.82) is 0 Å². The van der Waals surface area contributed by atoms with Crippen LogP contribution in [-0.2, 0) is 16.1 Å². The number of methoxy groups -OCH3 is 1. The standard InChI is InChI=1S/C30H45N3O5/c1-3-4-8-22-15-17-30(18-16-22)21-32(25-9-6-5-7-10-25)29(37)33(30)20-23-11-13-24(14-12-23)27(35)31-19-26(34)28(36)38-2/h11-14,22,25-26,34H,3-10,15-21H2,1-2H3,(H,31,35). The summed E-state index contributed by atoms with van der Waals surface area (Å²) in [4.78, 5) is 42.1. The topological polar surface area (TPSA) is 99.2 Å². The second-order valence-electron chi connectivity index (χ2n) is 11.5. The van der Waals surface area contributed by atoms with Gasteiger partial charge in [0.1, 0.15) is 0 Å². The van der Waals surface area contributed by atoms with Crippen LogP contribution in [0.3, 0.4) is 0 Å². The van der Waals surface area contributed by atoms with Gasteiger partial charge in [-0.25, -0.2) is 9.59 Å². The average molecular weight is 528 g/mol. The molecule has 2 aliphatic carbocycles. The summed E-state index contributed by atoms with van der Waals surface area (Å²) in [6.07, 6.45) is 12.9. The van der Waals surface area contributed by atoms with Gasteiger partial charge in [-0.3, -0.25) is 4.79 Å². The minimum Gasteiger partial charge on any atom is -0.467 e. The van der Waals surface area contributed by atoms with Gasteiger partial charge in [-0.05, 0) is 62.1 Å². The Morgan fingerprint density at radius 3 is 2.42 bits per heavy atom. The Labute approximate surface area is 227 Å². The number of carbonyl (C=O) groups excluding carboxylic acids is 3. The molecule has 1 saturated heterocycles. The largest absolute Gasteiger partial charge is 0.467 e. The quantitative estimate of drug-likeness (QED) is 0.432. The second-order valence-corrected chi connectivity index (χ2v) is 11.5. The number of esters is 1. The fourth-order valence-electron chi connectivity index (χ4n) is 6.62. The van der Waals surface area contributed by atoms with E-state index in [4.69, 9.17) is 0 Å². The van der Waals surface area contributed by atoms with Crippen molar-refractivity contribution in [3.05, 3.63) is 35.4 Å². The number of urea groups is 1. The molecule has 1 aliphatic heterocycles. The Morgan fingerprint density at radius 2 is 1.79 bits per heavy atom. The maximum Gasteiger partial charge on any atom is 0.336 e. The van der Waals surface area contributed by atoms with Crippen LogP contribution >= 0.6 is 0 Å². The van der Waals surface area contributed by atoms with E-state index in [0.29, 0.717) is 18.2 Å². The Morgan fingerprint density at radius 1 is 1.11 bits per heavy atom. The van der Waals surface area contributed by atoms with Crippen molar-refractivity contribution in [2.24, 2.45) is 5.92 Å². The van der Waals surface area contributed by atoms with Crippen molar-refractivity contribution in [3.63, 3.8) is 0 Å². The maximum absolute atomic E-state index is 13.9. The number of benzene rings is 1. The van der Waals surface area contributed by atoms with E-state index in [0.717, 1.165) is 43.7 Å². The number of amides is 3.